The number of carbonyl (C=O) groups excluding carboxylic acids is 2. The molecule has 2 amide bonds. The fraction of sp³-hybridized carbons (Fsp3) is 0.300. The first-order valence-corrected chi connectivity index (χ1v) is 11.3. The van der Waals surface area contributed by atoms with Crippen LogP contribution in [0.3, 0.4) is 0 Å². The van der Waals surface area contributed by atoms with Crippen LogP contribution in [0, 0.1) is 0 Å². The van der Waals surface area contributed by atoms with Gasteiger partial charge in [-0.1, -0.05) is 29.8 Å². The number of hydrogen-bond acceptors (Lipinski definition) is 5. The molecule has 1 saturated heterocycles. The minimum Gasteiger partial charge on any atom is -0.496 e. The van der Waals surface area contributed by atoms with Crippen LogP contribution in [0.2, 0.25) is 5.02 Å². The van der Waals surface area contributed by atoms with Gasteiger partial charge in [-0.05, 0) is 42.7 Å². The number of halogens is 1. The fourth-order valence-corrected chi connectivity index (χ4v) is 5.02. The Hall–Kier alpha value is -2.78. The second kappa shape index (κ2) is 9.36. The van der Waals surface area contributed by atoms with Crippen LogP contribution in [-0.4, -0.2) is 46.2 Å². The van der Waals surface area contributed by atoms with Crippen LogP contribution in [0.5, 0.6) is 5.75 Å². The highest BCUT2D eigenvalue weighted by Gasteiger charge is 2.30. The van der Waals surface area contributed by atoms with Gasteiger partial charge in [0.25, 0.3) is 0 Å². The van der Waals surface area contributed by atoms with E-state index in [1.54, 1.807) is 7.11 Å². The van der Waals surface area contributed by atoms with Gasteiger partial charge < -0.3 is 15.4 Å². The summed E-state index contributed by atoms with van der Waals surface area (Å²) in [6.07, 6.45) is 1.00. The number of hydrogen-bond donors (Lipinski definition) is 2. The summed E-state index contributed by atoms with van der Waals surface area (Å²) in [6.45, 7) is 0.577. The van der Waals surface area contributed by atoms with Gasteiger partial charge in [-0.25, -0.2) is 8.42 Å². The molecule has 0 radical (unpaired) electrons. The van der Waals surface area contributed by atoms with E-state index in [1.165, 1.54) is 22.5 Å². The zero-order valence-electron chi connectivity index (χ0n) is 16.4. The number of nitrogens with one attached hydrogen (secondary N) is 2. The Morgan fingerprint density at radius 2 is 1.93 bits per heavy atom. The number of amides is 2. The van der Waals surface area contributed by atoms with Crippen molar-refractivity contribution in [1.82, 2.24) is 5.32 Å². The molecule has 0 aliphatic carbocycles. The SMILES string of the molecule is COc1ccccc1CCNC(=O)C(=O)Nc1ccc(Cl)c(N2CCCS2(=O)=O)c1. The molecule has 1 aliphatic heterocycles. The lowest BCUT2D eigenvalue weighted by Gasteiger charge is -2.19. The number of rotatable bonds is 6. The van der Waals surface area contributed by atoms with Gasteiger partial charge in [0.15, 0.2) is 0 Å². The van der Waals surface area contributed by atoms with Crippen molar-refractivity contribution in [2.24, 2.45) is 0 Å². The largest absolute Gasteiger partial charge is 0.496 e. The molecule has 1 fully saturated rings. The number of carbonyl (C=O) groups is 2. The van der Waals surface area contributed by atoms with Crippen LogP contribution in [0.25, 0.3) is 0 Å². The third-order valence-electron chi connectivity index (χ3n) is 4.65. The van der Waals surface area contributed by atoms with E-state index in [-0.39, 0.29) is 28.7 Å². The molecule has 1 heterocycles. The van der Waals surface area contributed by atoms with Crippen molar-refractivity contribution in [2.45, 2.75) is 12.8 Å². The maximum absolute atomic E-state index is 12.2. The van der Waals surface area contributed by atoms with Crippen LogP contribution >= 0.6 is 11.6 Å². The lowest BCUT2D eigenvalue weighted by Crippen LogP contribution is -2.36. The molecule has 3 rings (SSSR count). The van der Waals surface area contributed by atoms with Gasteiger partial charge >= 0.3 is 11.8 Å². The molecule has 2 aromatic rings. The summed E-state index contributed by atoms with van der Waals surface area (Å²) in [5, 5.41) is 5.28. The molecule has 8 nitrogen and oxygen atoms in total. The summed E-state index contributed by atoms with van der Waals surface area (Å²) in [5.41, 5.74) is 1.47. The second-order valence-electron chi connectivity index (χ2n) is 6.68. The lowest BCUT2D eigenvalue weighted by molar-refractivity contribution is -0.136. The maximum atomic E-state index is 12.2. The van der Waals surface area contributed by atoms with Crippen LogP contribution in [-0.2, 0) is 26.0 Å². The number of para-hydroxylation sites is 1. The predicted octanol–water partition coefficient (Wildman–Crippen LogP) is 2.19. The third kappa shape index (κ3) is 5.03. The molecule has 1 aliphatic rings. The van der Waals surface area contributed by atoms with Gasteiger partial charge in [-0.15, -0.1) is 0 Å². The first kappa shape index (κ1) is 21.9. The zero-order chi connectivity index (χ0) is 21.7. The van der Waals surface area contributed by atoms with Crippen molar-refractivity contribution < 1.29 is 22.7 Å². The number of benzene rings is 2. The highest BCUT2D eigenvalue weighted by atomic mass is 35.5. The fourth-order valence-electron chi connectivity index (χ4n) is 3.18. The second-order valence-corrected chi connectivity index (χ2v) is 9.10. The van der Waals surface area contributed by atoms with E-state index in [4.69, 9.17) is 16.3 Å². The molecule has 2 N–H and O–H groups in total. The summed E-state index contributed by atoms with van der Waals surface area (Å²) < 4.78 is 30.8. The predicted molar refractivity (Wildman–Crippen MR) is 116 cm³/mol. The van der Waals surface area contributed by atoms with Crippen LogP contribution in [0.15, 0.2) is 42.5 Å². The van der Waals surface area contributed by atoms with E-state index in [1.807, 2.05) is 24.3 Å². The van der Waals surface area contributed by atoms with Crippen LogP contribution in [0.4, 0.5) is 11.4 Å². The lowest BCUT2D eigenvalue weighted by atomic mass is 10.1. The Labute approximate surface area is 180 Å². The number of ether oxygens (including phenoxy) is 1. The van der Waals surface area contributed by atoms with Crippen molar-refractivity contribution in [3.8, 4) is 5.75 Å². The zero-order valence-corrected chi connectivity index (χ0v) is 17.9. The smallest absolute Gasteiger partial charge is 0.313 e. The summed E-state index contributed by atoms with van der Waals surface area (Å²) in [7, 11) is -1.85. The van der Waals surface area contributed by atoms with Crippen molar-refractivity contribution in [2.75, 3.05) is 35.6 Å². The topological polar surface area (TPSA) is 105 Å². The molecule has 2 aromatic carbocycles. The van der Waals surface area contributed by atoms with Gasteiger partial charge in [-0.3, -0.25) is 13.9 Å². The Bertz CT molecular complexity index is 1060. The summed E-state index contributed by atoms with van der Waals surface area (Å²) in [6, 6.07) is 11.9. The summed E-state index contributed by atoms with van der Waals surface area (Å²) >= 11 is 6.15. The first-order chi connectivity index (χ1) is 14.3. The Morgan fingerprint density at radius 3 is 2.63 bits per heavy atom. The summed E-state index contributed by atoms with van der Waals surface area (Å²) in [4.78, 5) is 24.3. The minimum absolute atomic E-state index is 0.0501. The van der Waals surface area contributed by atoms with Crippen LogP contribution < -0.4 is 19.7 Å². The van der Waals surface area contributed by atoms with Crippen molar-refractivity contribution in [3.05, 3.63) is 53.1 Å². The molecule has 0 atom stereocenters. The van der Waals surface area contributed by atoms with Gasteiger partial charge in [0.05, 0.1) is 23.6 Å². The van der Waals surface area contributed by atoms with E-state index >= 15 is 0 Å². The number of anilines is 2. The molecule has 0 saturated carbocycles. The highest BCUT2D eigenvalue weighted by Crippen LogP contribution is 2.33. The standard InChI is InChI=1S/C20H22ClN3O5S/c1-29-18-6-3-2-5-14(18)9-10-22-19(25)20(26)23-15-7-8-16(21)17(13-15)24-11-4-12-30(24,27)28/h2-3,5-8,13H,4,9-12H2,1H3,(H,22,25)(H,23,26). The van der Waals surface area contributed by atoms with E-state index in [0.29, 0.717) is 25.1 Å². The molecule has 10 heteroatoms. The monoisotopic (exact) mass is 451 g/mol. The van der Waals surface area contributed by atoms with Crippen molar-refractivity contribution >= 4 is 44.8 Å². The average Bonchev–Trinajstić information content (AvgIpc) is 3.08. The highest BCUT2D eigenvalue weighted by molar-refractivity contribution is 7.93. The Morgan fingerprint density at radius 1 is 1.17 bits per heavy atom. The molecular weight excluding hydrogens is 430 g/mol. The number of methoxy groups -OCH3 is 1. The third-order valence-corrected chi connectivity index (χ3v) is 6.83. The molecule has 160 valence electrons. The van der Waals surface area contributed by atoms with Crippen molar-refractivity contribution in [1.29, 1.82) is 0 Å². The maximum Gasteiger partial charge on any atom is 0.313 e. The molecule has 0 aromatic heterocycles. The number of sulfonamides is 1. The van der Waals surface area contributed by atoms with E-state index in [0.717, 1.165) is 5.56 Å². The summed E-state index contributed by atoms with van der Waals surface area (Å²) in [5.74, 6) is -0.890. The Kier molecular flexibility index (Phi) is 6.84. The van der Waals surface area contributed by atoms with Crippen LogP contribution in [0.1, 0.15) is 12.0 Å². The van der Waals surface area contributed by atoms with E-state index in [9.17, 15) is 18.0 Å². The quantitative estimate of drug-likeness (QED) is 0.655. The first-order valence-electron chi connectivity index (χ1n) is 9.33. The van der Waals surface area contributed by atoms with Gasteiger partial charge in [0, 0.05) is 18.8 Å². The molecule has 30 heavy (non-hydrogen) atoms. The van der Waals surface area contributed by atoms with E-state index in [2.05, 4.69) is 10.6 Å². The van der Waals surface area contributed by atoms with E-state index < -0.39 is 21.8 Å². The van der Waals surface area contributed by atoms with Gasteiger partial charge in [0.2, 0.25) is 10.0 Å². The average molecular weight is 452 g/mol. The molecular formula is C20H22ClN3O5S. The van der Waals surface area contributed by atoms with Gasteiger partial charge in [0.1, 0.15) is 5.75 Å². The molecule has 0 unspecified atom stereocenters. The Balaban J connectivity index is 1.60. The minimum atomic E-state index is -3.42. The normalized spacial score (nSPS) is 14.9. The number of nitrogens with zero attached hydrogens (tertiary/aromatic N) is 1. The molecule has 0 bridgehead atoms. The van der Waals surface area contributed by atoms with Gasteiger partial charge in [-0.2, -0.15) is 0 Å². The molecule has 0 spiro atoms. The van der Waals surface area contributed by atoms with Crippen molar-refractivity contribution in [3.63, 3.8) is 0 Å².